The van der Waals surface area contributed by atoms with Crippen molar-refractivity contribution < 1.29 is 33.4 Å². The van der Waals surface area contributed by atoms with Gasteiger partial charge < -0.3 is 0 Å². The highest BCUT2D eigenvalue weighted by Crippen LogP contribution is 2.11. The Hall–Kier alpha value is -3.14. The zero-order valence-corrected chi connectivity index (χ0v) is 25.0. The molecular formula is C26H28N4O6S4+2. The zero-order chi connectivity index (χ0) is 28.9. The van der Waals surface area contributed by atoms with Gasteiger partial charge in [-0.1, -0.05) is 38.2 Å². The van der Waals surface area contributed by atoms with Crippen LogP contribution in [0.25, 0.3) is 12.2 Å². The van der Waals surface area contributed by atoms with Gasteiger partial charge in [0.1, 0.15) is 0 Å². The molecule has 0 radical (unpaired) electrons. The molecule has 0 saturated heterocycles. The molecule has 2 aromatic rings. The van der Waals surface area contributed by atoms with Crippen molar-refractivity contribution in [1.29, 1.82) is 0 Å². The summed E-state index contributed by atoms with van der Waals surface area (Å²) in [5.74, 6) is 0. The van der Waals surface area contributed by atoms with Gasteiger partial charge in [-0.2, -0.15) is 16.8 Å². The lowest BCUT2D eigenvalue weighted by Gasteiger charge is -1.99. The highest BCUT2D eigenvalue weighted by Gasteiger charge is 2.15. The normalized spacial score (nSPS) is 14.9. The Bertz CT molecular complexity index is 1850. The first-order valence-corrected chi connectivity index (χ1v) is 16.7. The van der Waals surface area contributed by atoms with Gasteiger partial charge in [0.05, 0.1) is 49.4 Å². The van der Waals surface area contributed by atoms with E-state index in [2.05, 4.69) is 10.4 Å². The fourth-order valence-electron chi connectivity index (χ4n) is 3.83. The number of aryl methyl sites for hydroxylation is 2. The van der Waals surface area contributed by atoms with E-state index >= 15 is 0 Å². The fraction of sp³-hybridized carbons (Fsp3) is 0.231. The molecule has 40 heavy (non-hydrogen) atoms. The molecule has 4 rings (SSSR count). The minimum Gasteiger partial charge on any atom is -0.282 e. The molecule has 2 heterocycles. The van der Waals surface area contributed by atoms with Crippen molar-refractivity contribution in [2.75, 3.05) is 0 Å². The molecule has 0 unspecified atom stereocenters. The van der Waals surface area contributed by atoms with Crippen molar-refractivity contribution in [2.24, 2.45) is 10.4 Å². The lowest BCUT2D eigenvalue weighted by atomic mass is 10.1. The van der Waals surface area contributed by atoms with Crippen LogP contribution in [0.1, 0.15) is 36.4 Å². The molecule has 0 amide bonds. The van der Waals surface area contributed by atoms with Gasteiger partial charge in [0, 0.05) is 12.8 Å². The minimum absolute atomic E-state index is 0.223. The summed E-state index contributed by atoms with van der Waals surface area (Å²) in [6, 6.07) is 8.75. The Morgan fingerprint density at radius 3 is 1.48 bits per heavy atom. The number of hydrogen-bond donors (Lipinski definition) is 2. The number of nitrogens with zero attached hydrogens (tertiary/aromatic N) is 4. The van der Waals surface area contributed by atoms with E-state index in [1.54, 1.807) is 19.6 Å². The van der Waals surface area contributed by atoms with Crippen LogP contribution in [0.2, 0.25) is 0 Å². The molecule has 210 valence electrons. The van der Waals surface area contributed by atoms with Gasteiger partial charge >= 0.3 is 10.4 Å². The highest BCUT2D eigenvalue weighted by molar-refractivity contribution is 7.86. The zero-order valence-electron chi connectivity index (χ0n) is 21.7. The summed E-state index contributed by atoms with van der Waals surface area (Å²) in [6.07, 6.45) is 13.1. The molecule has 0 spiro atoms. The van der Waals surface area contributed by atoms with Gasteiger partial charge in [-0.25, -0.2) is 0 Å². The third kappa shape index (κ3) is 7.33. The third-order valence-corrected chi connectivity index (χ3v) is 9.82. The second-order valence-corrected chi connectivity index (χ2v) is 13.5. The molecular weight excluding hydrogens is 593 g/mol. The fourth-order valence-corrected chi connectivity index (χ4v) is 6.82. The van der Waals surface area contributed by atoms with Crippen LogP contribution in [0.4, 0.5) is 0 Å². The maximum atomic E-state index is 12.0. The second kappa shape index (κ2) is 12.6. The van der Waals surface area contributed by atoms with Gasteiger partial charge in [-0.3, -0.25) is 9.11 Å². The Morgan fingerprint density at radius 2 is 1.12 bits per heavy atom. The lowest BCUT2D eigenvalue weighted by molar-refractivity contribution is -0.539. The van der Waals surface area contributed by atoms with Crippen LogP contribution in [0.3, 0.4) is 0 Å². The van der Waals surface area contributed by atoms with E-state index in [-0.39, 0.29) is 9.79 Å². The first-order chi connectivity index (χ1) is 19.0. The van der Waals surface area contributed by atoms with Crippen LogP contribution in [-0.4, -0.2) is 25.9 Å². The van der Waals surface area contributed by atoms with Gasteiger partial charge in [-0.15, -0.1) is 0 Å². The van der Waals surface area contributed by atoms with E-state index in [0.717, 1.165) is 9.06 Å². The summed E-state index contributed by atoms with van der Waals surface area (Å²) in [6.45, 7) is 3.78. The number of rotatable bonds is 5. The van der Waals surface area contributed by atoms with Crippen LogP contribution in [-0.2, 0) is 45.9 Å². The van der Waals surface area contributed by atoms with E-state index in [1.165, 1.54) is 47.3 Å². The standard InChI is InChI=1S/C26H26N4O6S4/c1-3-21-13-15-23(39(31,32)33)17-19-9-5-7-11-25(19)37-29(21)27-28-30-22(4-2)14-16-24(40(34,35)36)18-20-10-6-8-12-26(20)38-30/h5-8,11-18H,3-4,9-10H2,1-2H3/p+2. The van der Waals surface area contributed by atoms with Gasteiger partial charge in [-0.05, 0) is 72.5 Å². The molecule has 2 aliphatic carbocycles. The minimum atomic E-state index is -4.45. The molecule has 2 aromatic heterocycles. The second-order valence-electron chi connectivity index (χ2n) is 8.68. The van der Waals surface area contributed by atoms with E-state index in [4.69, 9.17) is 0 Å². The Morgan fingerprint density at radius 1 is 0.725 bits per heavy atom. The highest BCUT2D eigenvalue weighted by atomic mass is 32.2. The van der Waals surface area contributed by atoms with Crippen LogP contribution in [0, 0.1) is 0 Å². The van der Waals surface area contributed by atoms with Crippen LogP contribution in [0.5, 0.6) is 0 Å². The predicted molar refractivity (Wildman–Crippen MR) is 152 cm³/mol. The topological polar surface area (TPSA) is 145 Å². The number of allylic oxidation sites excluding steroid dienone is 4. The van der Waals surface area contributed by atoms with E-state index in [9.17, 15) is 25.9 Å². The van der Waals surface area contributed by atoms with E-state index in [0.29, 0.717) is 48.2 Å². The van der Waals surface area contributed by atoms with Crippen molar-refractivity contribution >= 4 is 55.5 Å². The maximum Gasteiger partial charge on any atom is 0.406 e. The third-order valence-electron chi connectivity index (χ3n) is 5.97. The van der Waals surface area contributed by atoms with Crippen molar-refractivity contribution in [3.63, 3.8) is 0 Å². The summed E-state index contributed by atoms with van der Waals surface area (Å²) in [7, 11) is -8.91. The van der Waals surface area contributed by atoms with Gasteiger partial charge in [0.15, 0.2) is 11.4 Å². The molecule has 0 saturated carbocycles. The van der Waals surface area contributed by atoms with Crippen LogP contribution < -0.4 is 16.6 Å². The molecule has 0 aromatic carbocycles. The Kier molecular flexibility index (Phi) is 9.38. The smallest absolute Gasteiger partial charge is 0.282 e. The maximum absolute atomic E-state index is 12.0. The van der Waals surface area contributed by atoms with Crippen molar-refractivity contribution in [3.8, 4) is 0 Å². The number of aromatic nitrogens is 2. The Balaban J connectivity index is 2.16. The molecule has 2 N–H and O–H groups in total. The molecule has 2 aliphatic rings. The quantitative estimate of drug-likeness (QED) is 0.299. The van der Waals surface area contributed by atoms with Crippen LogP contribution in [0.15, 0.2) is 80.9 Å². The van der Waals surface area contributed by atoms with E-state index in [1.807, 2.05) is 50.3 Å². The summed E-state index contributed by atoms with van der Waals surface area (Å²) < 4.78 is 72.3. The monoisotopic (exact) mass is 620 g/mol. The van der Waals surface area contributed by atoms with Gasteiger partial charge in [0.2, 0.25) is 0 Å². The first kappa shape index (κ1) is 29.8. The number of hydrogen-bond acceptors (Lipinski definition) is 8. The molecule has 14 heteroatoms. The SMILES string of the molecule is CCc1ccc(S(=O)(=O)O)cc2c(s[n+]1=NN=[n+]1sc3c(cc(S(=O)(=O)O)ccc1CC)CC=CC=3)=CC=CC2. The average Bonchev–Trinajstić information content (AvgIpc) is 3.03. The predicted octanol–water partition coefficient (Wildman–Crippen LogP) is 2.72. The number of fused-ring (bicyclic) bond motifs is 2. The van der Waals surface area contributed by atoms with Crippen molar-refractivity contribution in [2.45, 2.75) is 49.3 Å². The summed E-state index contributed by atoms with van der Waals surface area (Å²) >= 11 is 2.53. The molecule has 0 aliphatic heterocycles. The van der Waals surface area contributed by atoms with Gasteiger partial charge in [0.25, 0.3) is 20.2 Å². The van der Waals surface area contributed by atoms with E-state index < -0.39 is 20.2 Å². The summed E-state index contributed by atoms with van der Waals surface area (Å²) in [4.78, 5) is -0.447. The summed E-state index contributed by atoms with van der Waals surface area (Å²) in [5, 5.41) is 9.04. The largest absolute Gasteiger partial charge is 0.406 e. The molecule has 0 bridgehead atoms. The van der Waals surface area contributed by atoms with Crippen molar-refractivity contribution in [1.82, 2.24) is 0 Å². The molecule has 0 atom stereocenters. The Labute approximate surface area is 240 Å². The van der Waals surface area contributed by atoms with Crippen LogP contribution >= 0.6 is 23.1 Å². The summed E-state index contributed by atoms with van der Waals surface area (Å²) in [5.41, 5.74) is 2.66. The molecule has 0 fully saturated rings. The lowest BCUT2D eigenvalue weighted by Crippen LogP contribution is -2.25. The average molecular weight is 621 g/mol. The molecule has 10 nitrogen and oxygen atoms in total. The first-order valence-electron chi connectivity index (χ1n) is 12.3. The van der Waals surface area contributed by atoms with Crippen molar-refractivity contribution in [3.05, 3.63) is 92.3 Å².